The Morgan fingerprint density at radius 2 is 1.76 bits per heavy atom. The van der Waals surface area contributed by atoms with Crippen molar-refractivity contribution in [2.75, 3.05) is 6.54 Å². The number of hydrogen-bond acceptors (Lipinski definition) is 4. The largest absolute Gasteiger partial charge is 0.504 e. The molecule has 0 spiro atoms. The average Bonchev–Trinajstić information content (AvgIpc) is 2.29. The highest BCUT2D eigenvalue weighted by Crippen LogP contribution is 2.36. The van der Waals surface area contributed by atoms with Crippen molar-refractivity contribution in [2.24, 2.45) is 5.41 Å². The minimum absolute atomic E-state index is 0.203. The van der Waals surface area contributed by atoms with E-state index in [2.05, 4.69) is 26.1 Å². The average molecular weight is 239 g/mol. The van der Waals surface area contributed by atoms with Crippen LogP contribution in [0.5, 0.6) is 17.2 Å². The summed E-state index contributed by atoms with van der Waals surface area (Å²) in [4.78, 5) is 0. The standard InChI is InChI=1S/C13H21NO3/c1-4-13(2,3)8-14-7-9-5-6-10(15)12(17)11(9)16/h5-6,14-17H,4,7-8H2,1-3H3. The Bertz CT molecular complexity index is 388. The van der Waals surface area contributed by atoms with E-state index < -0.39 is 5.75 Å². The zero-order valence-electron chi connectivity index (χ0n) is 10.6. The Labute approximate surface area is 102 Å². The number of aromatic hydroxyl groups is 3. The summed E-state index contributed by atoms with van der Waals surface area (Å²) in [7, 11) is 0. The molecule has 0 amide bonds. The van der Waals surface area contributed by atoms with Crippen molar-refractivity contribution in [2.45, 2.75) is 33.7 Å². The summed E-state index contributed by atoms with van der Waals surface area (Å²) in [6.45, 7) is 7.74. The summed E-state index contributed by atoms with van der Waals surface area (Å²) in [5.41, 5.74) is 0.779. The topological polar surface area (TPSA) is 72.7 Å². The molecular formula is C13H21NO3. The van der Waals surface area contributed by atoms with Gasteiger partial charge in [-0.25, -0.2) is 0 Å². The van der Waals surface area contributed by atoms with E-state index in [-0.39, 0.29) is 16.9 Å². The number of benzene rings is 1. The quantitative estimate of drug-likeness (QED) is 0.595. The highest BCUT2D eigenvalue weighted by Gasteiger charge is 2.15. The van der Waals surface area contributed by atoms with Gasteiger partial charge in [-0.05, 0) is 17.9 Å². The Hall–Kier alpha value is -1.42. The molecule has 0 radical (unpaired) electrons. The first-order valence-electron chi connectivity index (χ1n) is 5.81. The van der Waals surface area contributed by atoms with Gasteiger partial charge in [0.25, 0.3) is 0 Å². The lowest BCUT2D eigenvalue weighted by atomic mass is 9.90. The van der Waals surface area contributed by atoms with Crippen molar-refractivity contribution >= 4 is 0 Å². The lowest BCUT2D eigenvalue weighted by molar-refractivity contribution is 0.324. The van der Waals surface area contributed by atoms with Crippen LogP contribution >= 0.6 is 0 Å². The molecule has 1 rings (SSSR count). The van der Waals surface area contributed by atoms with Crippen LogP contribution in [-0.2, 0) is 6.54 Å². The smallest absolute Gasteiger partial charge is 0.200 e. The van der Waals surface area contributed by atoms with Gasteiger partial charge in [0, 0.05) is 18.7 Å². The molecule has 4 N–H and O–H groups in total. The van der Waals surface area contributed by atoms with E-state index in [4.69, 9.17) is 0 Å². The van der Waals surface area contributed by atoms with Gasteiger partial charge in [0.05, 0.1) is 0 Å². The number of phenolic OH excluding ortho intramolecular Hbond substituents is 3. The summed E-state index contributed by atoms with van der Waals surface area (Å²) in [6, 6.07) is 2.97. The predicted octanol–water partition coefficient (Wildman–Crippen LogP) is 2.33. The fourth-order valence-corrected chi connectivity index (χ4v) is 1.41. The molecule has 0 bridgehead atoms. The van der Waals surface area contributed by atoms with Gasteiger partial charge in [-0.15, -0.1) is 0 Å². The van der Waals surface area contributed by atoms with E-state index in [1.165, 1.54) is 6.07 Å². The maximum Gasteiger partial charge on any atom is 0.200 e. The molecule has 0 heterocycles. The Balaban J connectivity index is 2.62. The number of rotatable bonds is 5. The van der Waals surface area contributed by atoms with Crippen LogP contribution in [0.1, 0.15) is 32.8 Å². The third-order valence-electron chi connectivity index (χ3n) is 3.09. The number of hydrogen-bond donors (Lipinski definition) is 4. The van der Waals surface area contributed by atoms with Gasteiger partial charge in [0.1, 0.15) is 0 Å². The number of nitrogens with one attached hydrogen (secondary N) is 1. The van der Waals surface area contributed by atoms with E-state index >= 15 is 0 Å². The molecule has 0 aromatic heterocycles. The third kappa shape index (κ3) is 3.53. The molecule has 1 aromatic rings. The van der Waals surface area contributed by atoms with Crippen LogP contribution in [0.3, 0.4) is 0 Å². The summed E-state index contributed by atoms with van der Waals surface area (Å²) in [5.74, 6) is -1.02. The van der Waals surface area contributed by atoms with Crippen molar-refractivity contribution in [1.82, 2.24) is 5.32 Å². The van der Waals surface area contributed by atoms with Crippen molar-refractivity contribution in [3.05, 3.63) is 17.7 Å². The van der Waals surface area contributed by atoms with Gasteiger partial charge in [0.15, 0.2) is 11.5 Å². The van der Waals surface area contributed by atoms with Gasteiger partial charge >= 0.3 is 0 Å². The first-order chi connectivity index (χ1) is 7.87. The van der Waals surface area contributed by atoms with E-state index in [1.54, 1.807) is 6.07 Å². The molecule has 0 atom stereocenters. The molecule has 0 fully saturated rings. The highest BCUT2D eigenvalue weighted by molar-refractivity contribution is 5.52. The van der Waals surface area contributed by atoms with Crippen LogP contribution in [-0.4, -0.2) is 21.9 Å². The van der Waals surface area contributed by atoms with Crippen LogP contribution < -0.4 is 5.32 Å². The number of phenols is 3. The van der Waals surface area contributed by atoms with Crippen LogP contribution in [0.4, 0.5) is 0 Å². The summed E-state index contributed by atoms with van der Waals surface area (Å²) in [6.07, 6.45) is 1.06. The van der Waals surface area contributed by atoms with Gasteiger partial charge in [-0.3, -0.25) is 0 Å². The van der Waals surface area contributed by atoms with Crippen LogP contribution in [0.2, 0.25) is 0 Å². The molecule has 96 valence electrons. The van der Waals surface area contributed by atoms with Gasteiger partial charge in [0.2, 0.25) is 5.75 Å². The summed E-state index contributed by atoms with van der Waals surface area (Å²) in [5, 5.41) is 31.4. The highest BCUT2D eigenvalue weighted by atomic mass is 16.3. The first-order valence-corrected chi connectivity index (χ1v) is 5.81. The monoisotopic (exact) mass is 239 g/mol. The normalized spacial score (nSPS) is 11.7. The molecule has 4 nitrogen and oxygen atoms in total. The van der Waals surface area contributed by atoms with Crippen LogP contribution in [0.25, 0.3) is 0 Å². The van der Waals surface area contributed by atoms with Gasteiger partial charge < -0.3 is 20.6 Å². The lowest BCUT2D eigenvalue weighted by Gasteiger charge is -2.23. The zero-order chi connectivity index (χ0) is 13.1. The maximum absolute atomic E-state index is 9.62. The molecule has 17 heavy (non-hydrogen) atoms. The van der Waals surface area contributed by atoms with E-state index in [0.29, 0.717) is 12.1 Å². The molecule has 0 aliphatic rings. The molecule has 0 aliphatic heterocycles. The fourth-order valence-electron chi connectivity index (χ4n) is 1.41. The fraction of sp³-hybridized carbons (Fsp3) is 0.538. The Morgan fingerprint density at radius 1 is 1.12 bits per heavy atom. The molecule has 0 aliphatic carbocycles. The van der Waals surface area contributed by atoms with E-state index in [9.17, 15) is 15.3 Å². The van der Waals surface area contributed by atoms with E-state index in [0.717, 1.165) is 13.0 Å². The first kappa shape index (κ1) is 13.6. The van der Waals surface area contributed by atoms with Gasteiger partial charge in [-0.1, -0.05) is 26.8 Å². The Kier molecular flexibility index (Phi) is 4.23. The van der Waals surface area contributed by atoms with Crippen molar-refractivity contribution in [3.63, 3.8) is 0 Å². The van der Waals surface area contributed by atoms with Crippen LogP contribution in [0, 0.1) is 5.41 Å². The van der Waals surface area contributed by atoms with Crippen molar-refractivity contribution in [3.8, 4) is 17.2 Å². The predicted molar refractivity (Wildman–Crippen MR) is 67.2 cm³/mol. The third-order valence-corrected chi connectivity index (χ3v) is 3.09. The minimum atomic E-state index is -0.459. The van der Waals surface area contributed by atoms with Crippen molar-refractivity contribution in [1.29, 1.82) is 0 Å². The van der Waals surface area contributed by atoms with E-state index in [1.807, 2.05) is 0 Å². The molecular weight excluding hydrogens is 218 g/mol. The Morgan fingerprint density at radius 3 is 2.35 bits per heavy atom. The SMILES string of the molecule is CCC(C)(C)CNCc1ccc(O)c(O)c1O. The van der Waals surface area contributed by atoms with Gasteiger partial charge in [-0.2, -0.15) is 0 Å². The molecule has 4 heteroatoms. The zero-order valence-corrected chi connectivity index (χ0v) is 10.6. The minimum Gasteiger partial charge on any atom is -0.504 e. The van der Waals surface area contributed by atoms with Crippen LogP contribution in [0.15, 0.2) is 12.1 Å². The van der Waals surface area contributed by atoms with Crippen molar-refractivity contribution < 1.29 is 15.3 Å². The molecule has 0 saturated heterocycles. The summed E-state index contributed by atoms with van der Waals surface area (Å²) < 4.78 is 0. The second kappa shape index (κ2) is 5.27. The molecule has 0 unspecified atom stereocenters. The second-order valence-electron chi connectivity index (χ2n) is 5.06. The maximum atomic E-state index is 9.62. The summed E-state index contributed by atoms with van der Waals surface area (Å²) >= 11 is 0. The molecule has 0 saturated carbocycles. The molecule has 1 aromatic carbocycles. The lowest BCUT2D eigenvalue weighted by Crippen LogP contribution is -2.28. The second-order valence-corrected chi connectivity index (χ2v) is 5.06.